The lowest BCUT2D eigenvalue weighted by Gasteiger charge is -2.49. The van der Waals surface area contributed by atoms with E-state index in [4.69, 9.17) is 0 Å². The number of pyridine rings is 1. The Kier molecular flexibility index (Phi) is 5.92. The Bertz CT molecular complexity index is 1210. The van der Waals surface area contributed by atoms with Crippen molar-refractivity contribution in [2.45, 2.75) is 38.9 Å². The fourth-order valence-corrected chi connectivity index (χ4v) is 4.34. The minimum absolute atomic E-state index is 0.0322. The number of hydrogen-bond donors (Lipinski definition) is 2. The summed E-state index contributed by atoms with van der Waals surface area (Å²) in [6.45, 7) is 6.66. The minimum Gasteiger partial charge on any atom is -0.502 e. The number of amides is 2. The van der Waals surface area contributed by atoms with E-state index in [1.807, 2.05) is 6.92 Å². The Labute approximate surface area is 188 Å². The van der Waals surface area contributed by atoms with Crippen molar-refractivity contribution in [3.8, 4) is 5.75 Å². The van der Waals surface area contributed by atoms with Crippen LogP contribution in [0.2, 0.25) is 0 Å². The topological polar surface area (TPSA) is 94.9 Å². The van der Waals surface area contributed by atoms with Gasteiger partial charge in [-0.25, -0.2) is 8.78 Å². The summed E-state index contributed by atoms with van der Waals surface area (Å²) in [5, 5.41) is 14.8. The van der Waals surface area contributed by atoms with Crippen LogP contribution in [0.1, 0.15) is 52.6 Å². The first kappa shape index (κ1) is 22.5. The van der Waals surface area contributed by atoms with Gasteiger partial charge in [-0.2, -0.15) is 0 Å². The molecule has 0 bridgehead atoms. The smallest absolute Gasteiger partial charge is 0.278 e. The highest BCUT2D eigenvalue weighted by atomic mass is 19.1. The molecule has 174 valence electrons. The van der Waals surface area contributed by atoms with Gasteiger partial charge in [-0.15, -0.1) is 0 Å². The van der Waals surface area contributed by atoms with Gasteiger partial charge in [0.2, 0.25) is 5.43 Å². The summed E-state index contributed by atoms with van der Waals surface area (Å²) in [5.41, 5.74) is -0.752. The van der Waals surface area contributed by atoms with Gasteiger partial charge in [0.15, 0.2) is 11.4 Å². The lowest BCUT2D eigenvalue weighted by molar-refractivity contribution is 0.0588. The molecule has 4 rings (SSSR count). The summed E-state index contributed by atoms with van der Waals surface area (Å²) in [6, 6.07) is 2.94. The number of aromatic nitrogens is 1. The van der Waals surface area contributed by atoms with Crippen molar-refractivity contribution in [3.05, 3.63) is 75.2 Å². The Morgan fingerprint density at radius 2 is 2.06 bits per heavy atom. The van der Waals surface area contributed by atoms with E-state index in [1.165, 1.54) is 16.9 Å². The number of aromatic hydroxyl groups is 1. The molecule has 1 aromatic heterocycles. The molecule has 2 aliphatic heterocycles. The van der Waals surface area contributed by atoms with Crippen molar-refractivity contribution in [1.29, 1.82) is 0 Å². The average Bonchev–Trinajstić information content (AvgIpc) is 2.77. The van der Waals surface area contributed by atoms with Gasteiger partial charge in [-0.3, -0.25) is 24.1 Å². The number of rotatable bonds is 5. The second-order valence-corrected chi connectivity index (χ2v) is 8.13. The predicted octanol–water partition coefficient (Wildman–Crippen LogP) is 2.24. The molecule has 1 atom stereocenters. The summed E-state index contributed by atoms with van der Waals surface area (Å²) >= 11 is 0. The lowest BCUT2D eigenvalue weighted by Crippen LogP contribution is -2.63. The van der Waals surface area contributed by atoms with E-state index in [9.17, 15) is 28.3 Å². The third-order valence-corrected chi connectivity index (χ3v) is 5.90. The average molecular weight is 458 g/mol. The van der Waals surface area contributed by atoms with Crippen LogP contribution < -0.4 is 15.8 Å². The van der Waals surface area contributed by atoms with Crippen molar-refractivity contribution >= 4 is 11.8 Å². The lowest BCUT2D eigenvalue weighted by atomic mass is 10.0. The van der Waals surface area contributed by atoms with Gasteiger partial charge in [0.1, 0.15) is 23.4 Å². The number of benzene rings is 1. The molecule has 2 aromatic rings. The second-order valence-electron chi connectivity index (χ2n) is 8.13. The van der Waals surface area contributed by atoms with Crippen LogP contribution in [0.4, 0.5) is 8.78 Å². The second kappa shape index (κ2) is 8.68. The van der Waals surface area contributed by atoms with Crippen molar-refractivity contribution < 1.29 is 23.5 Å². The summed E-state index contributed by atoms with van der Waals surface area (Å²) in [7, 11) is 0. The molecule has 0 spiro atoms. The van der Waals surface area contributed by atoms with Crippen LogP contribution in [0.3, 0.4) is 0 Å². The van der Waals surface area contributed by atoms with Gasteiger partial charge in [0.25, 0.3) is 11.8 Å². The number of fused-ring (bicyclic) bond motifs is 3. The Morgan fingerprint density at radius 1 is 1.30 bits per heavy atom. The highest BCUT2D eigenvalue weighted by Crippen LogP contribution is 2.32. The molecular weight excluding hydrogens is 434 g/mol. The fourth-order valence-electron chi connectivity index (χ4n) is 4.34. The molecule has 2 aliphatic rings. The van der Waals surface area contributed by atoms with Gasteiger partial charge in [0.05, 0.1) is 0 Å². The molecule has 1 aromatic carbocycles. The number of piperidine rings is 1. The van der Waals surface area contributed by atoms with Crippen LogP contribution >= 0.6 is 0 Å². The van der Waals surface area contributed by atoms with Crippen LogP contribution in [0.25, 0.3) is 0 Å². The standard InChI is InChI=1S/C23H24F2N4O4/c1-3-8-27-22-13(2)5-4-9-28(22)29-12-16(19(30)20(31)18(29)23(27)33)21(32)26-11-14-6-7-15(24)10-17(14)25/h6-7,10,12,22,31H,2-5,8-9,11H2,1H3,(H,26,32)/t22-/m0/s1. The van der Waals surface area contributed by atoms with E-state index < -0.39 is 46.4 Å². The van der Waals surface area contributed by atoms with Crippen molar-refractivity contribution in [1.82, 2.24) is 14.9 Å². The highest BCUT2D eigenvalue weighted by molar-refractivity contribution is 5.99. The molecule has 3 heterocycles. The van der Waals surface area contributed by atoms with Crippen molar-refractivity contribution in [2.75, 3.05) is 18.1 Å². The van der Waals surface area contributed by atoms with E-state index in [-0.39, 0.29) is 17.8 Å². The first-order valence-electron chi connectivity index (χ1n) is 10.7. The van der Waals surface area contributed by atoms with E-state index in [0.29, 0.717) is 25.6 Å². The summed E-state index contributed by atoms with van der Waals surface area (Å²) in [5.74, 6) is -3.78. The number of halogens is 2. The molecular formula is C23H24F2N4O4. The minimum atomic E-state index is -1.00. The largest absolute Gasteiger partial charge is 0.502 e. The maximum Gasteiger partial charge on any atom is 0.278 e. The van der Waals surface area contributed by atoms with Gasteiger partial charge < -0.3 is 15.3 Å². The summed E-state index contributed by atoms with van der Waals surface area (Å²) < 4.78 is 28.3. The molecule has 0 unspecified atom stereocenters. The zero-order valence-corrected chi connectivity index (χ0v) is 18.1. The van der Waals surface area contributed by atoms with Gasteiger partial charge in [0, 0.05) is 37.5 Å². The number of nitrogens with one attached hydrogen (secondary N) is 1. The Hall–Kier alpha value is -3.69. The van der Waals surface area contributed by atoms with Crippen LogP contribution in [-0.4, -0.2) is 45.8 Å². The SMILES string of the molecule is C=C1CCCN2[C@@H]1N(CCC)C(=O)c1c(O)c(=O)c(C(=O)NCc3ccc(F)cc3F)cn12. The molecule has 0 radical (unpaired) electrons. The Morgan fingerprint density at radius 3 is 2.76 bits per heavy atom. The molecule has 33 heavy (non-hydrogen) atoms. The highest BCUT2D eigenvalue weighted by Gasteiger charge is 2.42. The number of carbonyl (C=O) groups is 2. The van der Waals surface area contributed by atoms with E-state index >= 15 is 0 Å². The number of nitrogens with zero attached hydrogens (tertiary/aromatic N) is 3. The third kappa shape index (κ3) is 3.85. The van der Waals surface area contributed by atoms with Crippen LogP contribution in [-0.2, 0) is 6.54 Å². The molecule has 0 aliphatic carbocycles. The molecule has 1 fully saturated rings. The molecule has 10 heteroatoms. The zero-order valence-electron chi connectivity index (χ0n) is 18.1. The fraction of sp³-hybridized carbons (Fsp3) is 0.348. The monoisotopic (exact) mass is 458 g/mol. The molecule has 8 nitrogen and oxygen atoms in total. The maximum absolute atomic E-state index is 13.9. The predicted molar refractivity (Wildman–Crippen MR) is 116 cm³/mol. The van der Waals surface area contributed by atoms with Crippen molar-refractivity contribution in [3.63, 3.8) is 0 Å². The van der Waals surface area contributed by atoms with E-state index in [2.05, 4.69) is 11.9 Å². The van der Waals surface area contributed by atoms with Crippen LogP contribution in [0.15, 0.2) is 41.3 Å². The quantitative estimate of drug-likeness (QED) is 0.671. The Balaban J connectivity index is 1.71. The van der Waals surface area contributed by atoms with Crippen LogP contribution in [0, 0.1) is 11.6 Å². The number of hydrogen-bond acceptors (Lipinski definition) is 5. The first-order valence-corrected chi connectivity index (χ1v) is 10.7. The summed E-state index contributed by atoms with van der Waals surface area (Å²) in [6.07, 6.45) is 2.92. The maximum atomic E-state index is 13.9. The molecule has 2 amide bonds. The van der Waals surface area contributed by atoms with E-state index in [1.54, 1.807) is 9.91 Å². The zero-order chi connectivity index (χ0) is 23.9. The summed E-state index contributed by atoms with van der Waals surface area (Å²) in [4.78, 5) is 40.3. The number of carbonyl (C=O) groups excluding carboxylic acids is 2. The first-order chi connectivity index (χ1) is 15.7. The van der Waals surface area contributed by atoms with Gasteiger partial charge in [-0.1, -0.05) is 19.6 Å². The van der Waals surface area contributed by atoms with Crippen molar-refractivity contribution in [2.24, 2.45) is 0 Å². The molecule has 0 saturated carbocycles. The van der Waals surface area contributed by atoms with E-state index in [0.717, 1.165) is 24.5 Å². The van der Waals surface area contributed by atoms with Gasteiger partial charge >= 0.3 is 0 Å². The molecule has 2 N–H and O–H groups in total. The third-order valence-electron chi connectivity index (χ3n) is 5.90. The van der Waals surface area contributed by atoms with Gasteiger partial charge in [-0.05, 0) is 30.9 Å². The normalized spacial score (nSPS) is 17.6. The molecule has 1 saturated heterocycles. The van der Waals surface area contributed by atoms with Crippen LogP contribution in [0.5, 0.6) is 5.75 Å².